The Bertz CT molecular complexity index is 1290. The van der Waals surface area contributed by atoms with Crippen molar-refractivity contribution in [3.05, 3.63) is 101 Å². The van der Waals surface area contributed by atoms with E-state index >= 15 is 0 Å². The van der Waals surface area contributed by atoms with Crippen molar-refractivity contribution in [1.29, 1.82) is 0 Å². The third kappa shape index (κ3) is 5.29. The van der Waals surface area contributed by atoms with Crippen LogP contribution in [-0.2, 0) is 17.1 Å². The first kappa shape index (κ1) is 23.5. The summed E-state index contributed by atoms with van der Waals surface area (Å²) in [6.45, 7) is 1.44. The molecule has 0 fully saturated rings. The Hall–Kier alpha value is -3.64. The lowest BCUT2D eigenvalue weighted by Gasteiger charge is -2.14. The molecule has 34 heavy (non-hydrogen) atoms. The minimum atomic E-state index is -2.86. The number of anilines is 1. The average molecular weight is 478 g/mol. The zero-order valence-electron chi connectivity index (χ0n) is 18.4. The molecule has 4 aromatic rings. The van der Waals surface area contributed by atoms with Crippen molar-refractivity contribution in [3.63, 3.8) is 0 Å². The van der Waals surface area contributed by atoms with Crippen LogP contribution in [0.3, 0.4) is 0 Å². The van der Waals surface area contributed by atoms with E-state index in [-0.39, 0.29) is 24.3 Å². The summed E-state index contributed by atoms with van der Waals surface area (Å²) < 4.78 is 27.5. The largest absolute Gasteiger partial charge is 0.326 e. The fourth-order valence-corrected chi connectivity index (χ4v) is 3.80. The molecule has 0 radical (unpaired) electrons. The molecule has 0 unspecified atom stereocenters. The molecule has 0 atom stereocenters. The Balaban J connectivity index is 1.46. The van der Waals surface area contributed by atoms with Gasteiger partial charge in [0.15, 0.2) is 0 Å². The van der Waals surface area contributed by atoms with Gasteiger partial charge in [0, 0.05) is 41.2 Å². The summed E-state index contributed by atoms with van der Waals surface area (Å²) in [4.78, 5) is 21.4. The van der Waals surface area contributed by atoms with Crippen LogP contribution < -0.4 is 5.32 Å². The number of hydrogen-bond donors (Lipinski definition) is 1. The Morgan fingerprint density at radius 1 is 0.912 bits per heavy atom. The van der Waals surface area contributed by atoms with Gasteiger partial charge in [-0.25, -0.2) is 8.78 Å². The number of rotatable bonds is 7. The lowest BCUT2D eigenvalue weighted by Crippen LogP contribution is -2.15. The number of carbonyl (C=O) groups excluding carboxylic acids is 1. The summed E-state index contributed by atoms with van der Waals surface area (Å²) >= 11 is 6.35. The van der Waals surface area contributed by atoms with Crippen LogP contribution in [0.4, 0.5) is 14.5 Å². The van der Waals surface area contributed by atoms with Gasteiger partial charge in [-0.05, 0) is 23.8 Å². The maximum atomic E-state index is 13.8. The van der Waals surface area contributed by atoms with E-state index in [2.05, 4.69) is 15.3 Å². The molecule has 1 aromatic heterocycles. The van der Waals surface area contributed by atoms with Gasteiger partial charge in [0.05, 0.1) is 22.8 Å². The lowest BCUT2D eigenvalue weighted by atomic mass is 10.0. The van der Waals surface area contributed by atoms with Gasteiger partial charge in [0.2, 0.25) is 5.91 Å². The summed E-state index contributed by atoms with van der Waals surface area (Å²) in [5.41, 5.74) is 4.19. The summed E-state index contributed by atoms with van der Waals surface area (Å²) in [6.07, 6.45) is 3.05. The maximum absolute atomic E-state index is 13.8. The van der Waals surface area contributed by atoms with Crippen molar-refractivity contribution >= 4 is 23.2 Å². The van der Waals surface area contributed by atoms with E-state index < -0.39 is 5.92 Å². The van der Waals surface area contributed by atoms with Gasteiger partial charge >= 0.3 is 0 Å². The number of nitrogens with zero attached hydrogens (tertiary/aromatic N) is 2. The van der Waals surface area contributed by atoms with Crippen LogP contribution in [0.25, 0.3) is 22.5 Å². The molecule has 0 aliphatic heterocycles. The molecule has 1 N–H and O–H groups in total. The second kappa shape index (κ2) is 10.1. The number of carbonyl (C=O) groups is 1. The average Bonchev–Trinajstić information content (AvgIpc) is 2.85. The van der Waals surface area contributed by atoms with E-state index in [1.807, 2.05) is 30.3 Å². The molecule has 0 aliphatic carbocycles. The molecule has 0 saturated heterocycles. The van der Waals surface area contributed by atoms with Gasteiger partial charge in [-0.1, -0.05) is 73.1 Å². The zero-order valence-corrected chi connectivity index (χ0v) is 19.2. The van der Waals surface area contributed by atoms with Crippen LogP contribution in [0.15, 0.2) is 85.2 Å². The third-order valence-corrected chi connectivity index (χ3v) is 5.78. The highest BCUT2D eigenvalue weighted by atomic mass is 35.5. The number of amides is 1. The third-order valence-electron chi connectivity index (χ3n) is 5.45. The van der Waals surface area contributed by atoms with Crippen molar-refractivity contribution in [3.8, 4) is 22.5 Å². The Morgan fingerprint density at radius 3 is 2.21 bits per heavy atom. The predicted molar refractivity (Wildman–Crippen MR) is 131 cm³/mol. The summed E-state index contributed by atoms with van der Waals surface area (Å²) in [7, 11) is 0. The lowest BCUT2D eigenvalue weighted by molar-refractivity contribution is -0.115. The fourth-order valence-electron chi connectivity index (χ4n) is 3.57. The molecule has 0 spiro atoms. The van der Waals surface area contributed by atoms with Crippen molar-refractivity contribution < 1.29 is 13.6 Å². The molecule has 0 bridgehead atoms. The molecule has 0 saturated carbocycles. The summed E-state index contributed by atoms with van der Waals surface area (Å²) in [5, 5.41) is 3.42. The van der Waals surface area contributed by atoms with Crippen LogP contribution in [0.1, 0.15) is 24.5 Å². The van der Waals surface area contributed by atoms with Gasteiger partial charge in [-0.3, -0.25) is 14.8 Å². The van der Waals surface area contributed by atoms with E-state index in [1.165, 1.54) is 19.1 Å². The molecular weight excluding hydrogens is 456 g/mol. The zero-order chi connectivity index (χ0) is 24.1. The number of nitrogens with one attached hydrogen (secondary N) is 1. The molecular formula is C27H22ClF2N3O. The van der Waals surface area contributed by atoms with Gasteiger partial charge in [0.25, 0.3) is 5.92 Å². The molecule has 4 nitrogen and oxygen atoms in total. The minimum absolute atomic E-state index is 0.0464. The molecule has 1 heterocycles. The number of hydrogen-bond acceptors (Lipinski definition) is 3. The molecule has 3 aromatic carbocycles. The molecule has 172 valence electrons. The second-order valence-corrected chi connectivity index (χ2v) is 8.20. The molecule has 7 heteroatoms. The highest BCUT2D eigenvalue weighted by Gasteiger charge is 2.28. The van der Waals surface area contributed by atoms with Gasteiger partial charge in [-0.2, -0.15) is 0 Å². The van der Waals surface area contributed by atoms with Crippen molar-refractivity contribution in [1.82, 2.24) is 9.97 Å². The molecule has 0 aliphatic rings. The fraction of sp³-hybridized carbons (Fsp3) is 0.148. The van der Waals surface area contributed by atoms with Crippen LogP contribution in [0.2, 0.25) is 5.02 Å². The SMILES string of the molecule is CCC(F)(F)c1ccc(CC(=O)Nc2ccc(-c3nccnc3-c3ccccc3Cl)cc2)cc1. The summed E-state index contributed by atoms with van der Waals surface area (Å²) in [5.74, 6) is -3.10. The first-order valence-electron chi connectivity index (χ1n) is 10.8. The van der Waals surface area contributed by atoms with Gasteiger partial charge in [0.1, 0.15) is 0 Å². The Kier molecular flexibility index (Phi) is 6.98. The number of benzene rings is 3. The number of alkyl halides is 2. The van der Waals surface area contributed by atoms with Crippen molar-refractivity contribution in [2.24, 2.45) is 0 Å². The normalized spacial score (nSPS) is 11.3. The van der Waals surface area contributed by atoms with E-state index in [0.717, 1.165) is 11.1 Å². The van der Waals surface area contributed by atoms with E-state index in [1.54, 1.807) is 42.7 Å². The Labute approximate surface area is 201 Å². The maximum Gasteiger partial charge on any atom is 0.273 e. The molecule has 4 rings (SSSR count). The summed E-state index contributed by atoms with van der Waals surface area (Å²) in [6, 6.07) is 20.6. The van der Waals surface area contributed by atoms with Crippen LogP contribution >= 0.6 is 11.6 Å². The van der Waals surface area contributed by atoms with Crippen LogP contribution in [0.5, 0.6) is 0 Å². The van der Waals surface area contributed by atoms with E-state index in [9.17, 15) is 13.6 Å². The standard InChI is InChI=1S/C27H22ClF2N3O/c1-2-27(29,30)20-11-7-18(8-12-20)17-24(34)33-21-13-9-19(10-14-21)25-26(32-16-15-31-25)22-5-3-4-6-23(22)28/h3-16H,2,17H2,1H3,(H,33,34). The van der Waals surface area contributed by atoms with E-state index in [4.69, 9.17) is 11.6 Å². The quantitative estimate of drug-likeness (QED) is 0.307. The first-order chi connectivity index (χ1) is 16.4. The van der Waals surface area contributed by atoms with Gasteiger partial charge < -0.3 is 5.32 Å². The Morgan fingerprint density at radius 2 is 1.56 bits per heavy atom. The number of halogens is 3. The highest BCUT2D eigenvalue weighted by Crippen LogP contribution is 2.33. The molecule has 1 amide bonds. The van der Waals surface area contributed by atoms with Crippen LogP contribution in [0, 0.1) is 0 Å². The van der Waals surface area contributed by atoms with Gasteiger partial charge in [-0.15, -0.1) is 0 Å². The predicted octanol–water partition coefficient (Wildman–Crippen LogP) is 7.15. The van der Waals surface area contributed by atoms with Crippen molar-refractivity contribution in [2.45, 2.75) is 25.7 Å². The first-order valence-corrected chi connectivity index (χ1v) is 11.2. The minimum Gasteiger partial charge on any atom is -0.326 e. The second-order valence-electron chi connectivity index (χ2n) is 7.79. The monoisotopic (exact) mass is 477 g/mol. The highest BCUT2D eigenvalue weighted by molar-refractivity contribution is 6.33. The van der Waals surface area contributed by atoms with E-state index in [0.29, 0.717) is 27.7 Å². The van der Waals surface area contributed by atoms with Crippen molar-refractivity contribution in [2.75, 3.05) is 5.32 Å². The number of aromatic nitrogens is 2. The van der Waals surface area contributed by atoms with Crippen LogP contribution in [-0.4, -0.2) is 15.9 Å². The topological polar surface area (TPSA) is 54.9 Å². The smallest absolute Gasteiger partial charge is 0.273 e.